The van der Waals surface area contributed by atoms with Crippen LogP contribution in [-0.2, 0) is 9.84 Å². The van der Waals surface area contributed by atoms with E-state index in [0.29, 0.717) is 12.8 Å². The van der Waals surface area contributed by atoms with Crippen LogP contribution in [0.4, 0.5) is 4.39 Å². The molecule has 1 aliphatic rings. The molecule has 2 rings (SSSR count). The van der Waals surface area contributed by atoms with Crippen LogP contribution in [0.1, 0.15) is 31.2 Å². The van der Waals surface area contributed by atoms with Crippen molar-refractivity contribution in [3.8, 4) is 5.75 Å². The molecule has 2 atom stereocenters. The third-order valence-electron chi connectivity index (χ3n) is 3.70. The van der Waals surface area contributed by atoms with Gasteiger partial charge in [0.25, 0.3) is 0 Å². The average Bonchev–Trinajstić information content (AvgIpc) is 2.37. The lowest BCUT2D eigenvalue weighted by atomic mass is 9.97. The Hall–Kier alpha value is -1.21. The summed E-state index contributed by atoms with van der Waals surface area (Å²) in [5.74, 6) is -0.253. The fourth-order valence-electron chi connectivity index (χ4n) is 2.62. The highest BCUT2D eigenvalue weighted by Gasteiger charge is 2.30. The predicted octanol–water partition coefficient (Wildman–Crippen LogP) is 2.19. The van der Waals surface area contributed by atoms with Crippen LogP contribution in [0.25, 0.3) is 0 Å². The maximum atomic E-state index is 13.8. The molecule has 1 fully saturated rings. The molecule has 7 heteroatoms. The molecular formula is C14H18FNO3S2. The van der Waals surface area contributed by atoms with Gasteiger partial charge in [0.05, 0.1) is 16.9 Å². The van der Waals surface area contributed by atoms with Gasteiger partial charge < -0.3 is 10.5 Å². The Labute approximate surface area is 129 Å². The van der Waals surface area contributed by atoms with E-state index in [4.69, 9.17) is 22.7 Å². The highest BCUT2D eigenvalue weighted by molar-refractivity contribution is 7.91. The van der Waals surface area contributed by atoms with Gasteiger partial charge >= 0.3 is 0 Å². The maximum absolute atomic E-state index is 13.8. The highest BCUT2D eigenvalue weighted by Crippen LogP contribution is 2.29. The van der Waals surface area contributed by atoms with Gasteiger partial charge in [-0.2, -0.15) is 0 Å². The minimum atomic E-state index is -3.09. The number of nitrogens with two attached hydrogens (primary N) is 1. The van der Waals surface area contributed by atoms with Gasteiger partial charge in [0, 0.05) is 12.7 Å². The van der Waals surface area contributed by atoms with E-state index in [1.54, 1.807) is 6.07 Å². The van der Waals surface area contributed by atoms with Crippen molar-refractivity contribution in [3.63, 3.8) is 0 Å². The van der Waals surface area contributed by atoms with Crippen LogP contribution in [-0.4, -0.2) is 31.0 Å². The zero-order chi connectivity index (χ0) is 15.6. The molecule has 1 aromatic rings. The number of hydrogen-bond acceptors (Lipinski definition) is 4. The topological polar surface area (TPSA) is 69.4 Å². The first-order chi connectivity index (χ1) is 9.79. The van der Waals surface area contributed by atoms with E-state index in [-0.39, 0.29) is 22.4 Å². The third-order valence-corrected chi connectivity index (χ3v) is 5.54. The second-order valence-corrected chi connectivity index (χ2v) is 8.10. The van der Waals surface area contributed by atoms with Crippen LogP contribution in [0.3, 0.4) is 0 Å². The van der Waals surface area contributed by atoms with Crippen LogP contribution in [0.15, 0.2) is 18.2 Å². The number of ether oxygens (including phenoxy) is 1. The molecule has 0 bridgehead atoms. The summed E-state index contributed by atoms with van der Waals surface area (Å²) in [5.41, 5.74) is 5.61. The average molecular weight is 331 g/mol. The summed E-state index contributed by atoms with van der Waals surface area (Å²) in [6.07, 6.45) is 3.52. The Morgan fingerprint density at radius 1 is 1.43 bits per heavy atom. The Balaban J connectivity index is 2.19. The molecular weight excluding hydrogens is 313 g/mol. The van der Waals surface area contributed by atoms with Crippen molar-refractivity contribution in [2.75, 3.05) is 6.26 Å². The quantitative estimate of drug-likeness (QED) is 0.857. The number of thiocarbonyl (C=S) groups is 1. The van der Waals surface area contributed by atoms with Crippen molar-refractivity contribution in [2.45, 2.75) is 37.0 Å². The summed E-state index contributed by atoms with van der Waals surface area (Å²) in [4.78, 5) is -0.0708. The molecule has 1 aromatic carbocycles. The van der Waals surface area contributed by atoms with Crippen molar-refractivity contribution in [3.05, 3.63) is 29.6 Å². The molecule has 2 N–H and O–H groups in total. The number of sulfone groups is 1. The van der Waals surface area contributed by atoms with Gasteiger partial charge in [-0.25, -0.2) is 12.8 Å². The smallest absolute Gasteiger partial charge is 0.150 e. The molecule has 21 heavy (non-hydrogen) atoms. The van der Waals surface area contributed by atoms with Crippen LogP contribution in [0.2, 0.25) is 0 Å². The maximum Gasteiger partial charge on any atom is 0.150 e. The van der Waals surface area contributed by atoms with Crippen molar-refractivity contribution < 1.29 is 17.5 Å². The summed E-state index contributed by atoms with van der Waals surface area (Å²) in [6, 6.07) is 4.38. The summed E-state index contributed by atoms with van der Waals surface area (Å²) < 4.78 is 42.9. The third kappa shape index (κ3) is 3.91. The lowest BCUT2D eigenvalue weighted by molar-refractivity contribution is 0.155. The molecule has 0 heterocycles. The Kier molecular flexibility index (Phi) is 4.83. The lowest BCUT2D eigenvalue weighted by Crippen LogP contribution is -2.33. The Bertz CT molecular complexity index is 646. The van der Waals surface area contributed by atoms with Gasteiger partial charge in [0.15, 0.2) is 0 Å². The molecule has 1 aliphatic carbocycles. The van der Waals surface area contributed by atoms with Crippen LogP contribution >= 0.6 is 12.2 Å². The van der Waals surface area contributed by atoms with Crippen LogP contribution in [0, 0.1) is 5.82 Å². The van der Waals surface area contributed by atoms with E-state index in [2.05, 4.69) is 0 Å². The van der Waals surface area contributed by atoms with E-state index in [9.17, 15) is 12.8 Å². The van der Waals surface area contributed by atoms with Crippen molar-refractivity contribution in [2.24, 2.45) is 5.73 Å². The monoisotopic (exact) mass is 331 g/mol. The van der Waals surface area contributed by atoms with Gasteiger partial charge in [0.1, 0.15) is 26.4 Å². The number of rotatable bonds is 4. The van der Waals surface area contributed by atoms with Crippen molar-refractivity contribution in [1.82, 2.24) is 0 Å². The molecule has 0 spiro atoms. The predicted molar refractivity (Wildman–Crippen MR) is 83.8 cm³/mol. The van der Waals surface area contributed by atoms with Crippen molar-refractivity contribution in [1.29, 1.82) is 0 Å². The SMILES string of the molecule is CS(=O)(=O)C1CCCC(Oc2cccc(F)c2C(N)=S)C1. The van der Waals surface area contributed by atoms with E-state index in [0.717, 1.165) is 12.8 Å². The van der Waals surface area contributed by atoms with Gasteiger partial charge in [0.2, 0.25) is 0 Å². The van der Waals surface area contributed by atoms with E-state index < -0.39 is 20.9 Å². The number of halogens is 1. The lowest BCUT2D eigenvalue weighted by Gasteiger charge is -2.29. The Morgan fingerprint density at radius 3 is 2.76 bits per heavy atom. The molecule has 0 radical (unpaired) electrons. The minimum Gasteiger partial charge on any atom is -0.490 e. The van der Waals surface area contributed by atoms with E-state index in [1.165, 1.54) is 18.4 Å². The standard InChI is InChI=1S/C14H18FNO3S2/c1-21(17,18)10-5-2-4-9(8-10)19-12-7-3-6-11(15)13(12)14(16)20/h3,6-7,9-10H,2,4-5,8H2,1H3,(H2,16,20). The van der Waals surface area contributed by atoms with Crippen molar-refractivity contribution >= 4 is 27.0 Å². The van der Waals surface area contributed by atoms with Gasteiger partial charge in [-0.15, -0.1) is 0 Å². The molecule has 0 amide bonds. The molecule has 1 saturated carbocycles. The number of benzene rings is 1. The molecule has 0 aromatic heterocycles. The van der Waals surface area contributed by atoms with Gasteiger partial charge in [-0.3, -0.25) is 0 Å². The first-order valence-electron chi connectivity index (χ1n) is 6.73. The summed E-state index contributed by atoms with van der Waals surface area (Å²) in [6.45, 7) is 0. The van der Waals surface area contributed by atoms with Crippen LogP contribution in [0.5, 0.6) is 5.75 Å². The fraction of sp³-hybridized carbons (Fsp3) is 0.500. The first kappa shape index (κ1) is 16.2. The van der Waals surface area contributed by atoms with E-state index in [1.807, 2.05) is 0 Å². The van der Waals surface area contributed by atoms with Gasteiger partial charge in [-0.1, -0.05) is 18.3 Å². The highest BCUT2D eigenvalue weighted by atomic mass is 32.2. The molecule has 4 nitrogen and oxygen atoms in total. The summed E-state index contributed by atoms with van der Waals surface area (Å²) in [7, 11) is -3.09. The largest absolute Gasteiger partial charge is 0.490 e. The summed E-state index contributed by atoms with van der Waals surface area (Å²) >= 11 is 4.85. The molecule has 116 valence electrons. The molecule has 2 unspecified atom stereocenters. The number of hydrogen-bond donors (Lipinski definition) is 1. The molecule has 0 saturated heterocycles. The minimum absolute atomic E-state index is 0.0708. The molecule has 0 aliphatic heterocycles. The normalized spacial score (nSPS) is 22.8. The van der Waals surface area contributed by atoms with Crippen LogP contribution < -0.4 is 10.5 Å². The van der Waals surface area contributed by atoms with E-state index >= 15 is 0 Å². The zero-order valence-electron chi connectivity index (χ0n) is 11.7. The fourth-order valence-corrected chi connectivity index (χ4v) is 3.98. The Morgan fingerprint density at radius 2 is 2.14 bits per heavy atom. The first-order valence-corrected chi connectivity index (χ1v) is 9.09. The second kappa shape index (κ2) is 6.27. The summed E-state index contributed by atoms with van der Waals surface area (Å²) in [5, 5.41) is -0.405. The zero-order valence-corrected chi connectivity index (χ0v) is 13.3. The van der Waals surface area contributed by atoms with Gasteiger partial charge in [-0.05, 0) is 31.4 Å². The second-order valence-electron chi connectivity index (χ2n) is 5.34.